The largest absolute Gasteiger partial charge is 0.457 e. The van der Waals surface area contributed by atoms with Gasteiger partial charge in [-0.1, -0.05) is 32.4 Å². The van der Waals surface area contributed by atoms with E-state index < -0.39 is 7.60 Å². The molecule has 1 atom stereocenters. The summed E-state index contributed by atoms with van der Waals surface area (Å²) in [5, 5.41) is 0.411. The third-order valence-electron chi connectivity index (χ3n) is 4.49. The van der Waals surface area contributed by atoms with Gasteiger partial charge in [0.05, 0.1) is 11.0 Å². The molecular formula is C19H25ClN3O4P. The lowest BCUT2D eigenvalue weighted by molar-refractivity contribution is 0.387. The lowest BCUT2D eigenvalue weighted by atomic mass is 10.1. The van der Waals surface area contributed by atoms with E-state index in [0.29, 0.717) is 41.6 Å². The second-order valence-corrected chi connectivity index (χ2v) is 9.60. The second-order valence-electron chi connectivity index (χ2n) is 7.59. The Balaban J connectivity index is 2.24. The number of imidazole rings is 1. The zero-order valence-corrected chi connectivity index (χ0v) is 17.7. The third-order valence-corrected chi connectivity index (χ3v) is 5.69. The average Bonchev–Trinajstić information content (AvgIpc) is 3.16. The highest BCUT2D eigenvalue weighted by atomic mass is 35.5. The van der Waals surface area contributed by atoms with Gasteiger partial charge in [0.1, 0.15) is 11.1 Å². The topological polar surface area (TPSA) is 115 Å². The average molecular weight is 426 g/mol. The summed E-state index contributed by atoms with van der Waals surface area (Å²) >= 11 is 6.16. The normalized spacial score (nSPS) is 13.6. The lowest BCUT2D eigenvalue weighted by Crippen LogP contribution is -2.12. The summed E-state index contributed by atoms with van der Waals surface area (Å²) in [6.07, 6.45) is 0.486. The molecule has 2 heterocycles. The number of nitrogens with zero attached hydrogens (tertiary/aromatic N) is 2. The Morgan fingerprint density at radius 1 is 1.29 bits per heavy atom. The van der Waals surface area contributed by atoms with Crippen LogP contribution >= 0.6 is 19.2 Å². The Labute approximate surface area is 168 Å². The van der Waals surface area contributed by atoms with Crippen molar-refractivity contribution in [2.75, 3.05) is 6.54 Å². The summed E-state index contributed by atoms with van der Waals surface area (Å²) in [5.41, 5.74) is 7.16. The zero-order valence-electron chi connectivity index (χ0n) is 16.1. The molecule has 0 aliphatic rings. The van der Waals surface area contributed by atoms with Crippen molar-refractivity contribution >= 4 is 35.5 Å². The lowest BCUT2D eigenvalue weighted by Gasteiger charge is -2.12. The van der Waals surface area contributed by atoms with Gasteiger partial charge in [-0.2, -0.15) is 0 Å². The van der Waals surface area contributed by atoms with E-state index in [1.807, 2.05) is 11.5 Å². The highest BCUT2D eigenvalue weighted by Crippen LogP contribution is 2.40. The highest BCUT2D eigenvalue weighted by Gasteiger charge is 2.31. The predicted octanol–water partition coefficient (Wildman–Crippen LogP) is 3.55. The first kappa shape index (κ1) is 21.1. The Morgan fingerprint density at radius 3 is 2.61 bits per heavy atom. The summed E-state index contributed by atoms with van der Waals surface area (Å²) in [6, 6.07) is 6.75. The summed E-state index contributed by atoms with van der Waals surface area (Å²) in [5.74, 6) is 1.36. The molecule has 152 valence electrons. The van der Waals surface area contributed by atoms with Gasteiger partial charge in [0, 0.05) is 18.0 Å². The molecule has 9 heteroatoms. The van der Waals surface area contributed by atoms with E-state index in [4.69, 9.17) is 21.8 Å². The molecule has 0 bridgehead atoms. The minimum atomic E-state index is -4.56. The summed E-state index contributed by atoms with van der Waals surface area (Å²) in [4.78, 5) is 24.4. The zero-order chi connectivity index (χ0) is 20.6. The molecule has 0 amide bonds. The first-order chi connectivity index (χ1) is 13.1. The number of aromatic nitrogens is 2. The molecule has 3 rings (SSSR count). The molecule has 1 aromatic carbocycles. The minimum absolute atomic E-state index is 0.0977. The maximum atomic E-state index is 12.2. The van der Waals surface area contributed by atoms with Crippen molar-refractivity contribution in [3.63, 3.8) is 0 Å². The van der Waals surface area contributed by atoms with E-state index in [-0.39, 0.29) is 22.9 Å². The van der Waals surface area contributed by atoms with Gasteiger partial charge in [0.15, 0.2) is 11.6 Å². The van der Waals surface area contributed by atoms with Crippen LogP contribution in [0.15, 0.2) is 28.7 Å². The molecule has 0 saturated heterocycles. The Bertz CT molecular complexity index is 1040. The molecule has 2 aromatic heterocycles. The van der Waals surface area contributed by atoms with Crippen LogP contribution in [0.4, 0.5) is 0 Å². The molecule has 0 aliphatic heterocycles. The Morgan fingerprint density at radius 2 is 2.00 bits per heavy atom. The predicted molar refractivity (Wildman–Crippen MR) is 111 cm³/mol. The van der Waals surface area contributed by atoms with E-state index >= 15 is 0 Å². The van der Waals surface area contributed by atoms with E-state index in [9.17, 15) is 14.4 Å². The number of furan rings is 1. The van der Waals surface area contributed by atoms with Crippen LogP contribution in [0.3, 0.4) is 0 Å². The fourth-order valence-corrected chi connectivity index (χ4v) is 4.04. The van der Waals surface area contributed by atoms with Crippen LogP contribution in [0, 0.1) is 11.8 Å². The van der Waals surface area contributed by atoms with Crippen molar-refractivity contribution in [3.8, 4) is 11.6 Å². The van der Waals surface area contributed by atoms with Gasteiger partial charge >= 0.3 is 7.60 Å². The minimum Gasteiger partial charge on any atom is -0.457 e. The van der Waals surface area contributed by atoms with E-state index in [0.717, 1.165) is 5.52 Å². The molecule has 28 heavy (non-hydrogen) atoms. The molecule has 0 saturated carbocycles. The van der Waals surface area contributed by atoms with E-state index in [1.165, 1.54) is 6.07 Å². The Kier molecular flexibility index (Phi) is 6.03. The monoisotopic (exact) mass is 425 g/mol. The van der Waals surface area contributed by atoms with Crippen molar-refractivity contribution in [2.24, 2.45) is 17.6 Å². The molecule has 7 nitrogen and oxygen atoms in total. The summed E-state index contributed by atoms with van der Waals surface area (Å²) in [7, 11) is -4.56. The molecule has 3 aromatic rings. The first-order valence-corrected chi connectivity index (χ1v) is 11.1. The molecule has 1 unspecified atom stereocenters. The fourth-order valence-electron chi connectivity index (χ4n) is 3.15. The maximum absolute atomic E-state index is 12.2. The van der Waals surface area contributed by atoms with Crippen molar-refractivity contribution < 1.29 is 18.8 Å². The van der Waals surface area contributed by atoms with Gasteiger partial charge in [0.2, 0.25) is 0 Å². The smallest absolute Gasteiger partial charge is 0.360 e. The second kappa shape index (κ2) is 8.01. The quantitative estimate of drug-likeness (QED) is 0.499. The van der Waals surface area contributed by atoms with Crippen molar-refractivity contribution in [1.82, 2.24) is 9.55 Å². The van der Waals surface area contributed by atoms with Crippen molar-refractivity contribution in [1.29, 1.82) is 0 Å². The number of fused-ring (bicyclic) bond motifs is 1. The van der Waals surface area contributed by atoms with Crippen LogP contribution in [0.5, 0.6) is 0 Å². The van der Waals surface area contributed by atoms with Crippen LogP contribution in [-0.2, 0) is 17.5 Å². The standard InChI is InChI=1S/C19H25ClN3O4P/c1-11(2)10-23-16-7-13(20)4-5-15(16)22-19(23)18-17(28(24,25)26)8-14(27-18)6-12(3)9-21/h4-5,7-8,11-12H,6,9-10,21H2,1-3H3,(H2,24,25,26). The van der Waals surface area contributed by atoms with Crippen LogP contribution in [-0.4, -0.2) is 25.9 Å². The number of halogens is 1. The molecular weight excluding hydrogens is 401 g/mol. The number of hydrogen-bond acceptors (Lipinski definition) is 4. The van der Waals surface area contributed by atoms with E-state index in [1.54, 1.807) is 18.2 Å². The van der Waals surface area contributed by atoms with Crippen LogP contribution in [0.1, 0.15) is 26.5 Å². The number of nitrogens with two attached hydrogens (primary N) is 1. The van der Waals surface area contributed by atoms with Crippen LogP contribution in [0.2, 0.25) is 5.02 Å². The molecule has 0 fully saturated rings. The van der Waals surface area contributed by atoms with E-state index in [2.05, 4.69) is 18.8 Å². The summed E-state index contributed by atoms with van der Waals surface area (Å²) in [6.45, 7) is 7.12. The van der Waals surface area contributed by atoms with Crippen molar-refractivity contribution in [2.45, 2.75) is 33.7 Å². The molecule has 0 spiro atoms. The van der Waals surface area contributed by atoms with Crippen LogP contribution < -0.4 is 11.0 Å². The first-order valence-electron chi connectivity index (χ1n) is 9.15. The van der Waals surface area contributed by atoms with Crippen molar-refractivity contribution in [3.05, 3.63) is 35.0 Å². The SMILES string of the molecule is CC(C)Cn1c(-c2oc(CC(C)CN)cc2P(=O)(O)O)nc2ccc(Cl)cc21. The third kappa shape index (κ3) is 4.34. The van der Waals surface area contributed by atoms with Gasteiger partial charge in [-0.3, -0.25) is 4.57 Å². The van der Waals surface area contributed by atoms with Crippen LogP contribution in [0.25, 0.3) is 22.6 Å². The molecule has 0 radical (unpaired) electrons. The van der Waals surface area contributed by atoms with Gasteiger partial charge in [-0.05, 0) is 42.6 Å². The number of rotatable bonds is 7. The maximum Gasteiger partial charge on any atom is 0.360 e. The number of benzene rings is 1. The molecule has 4 N–H and O–H groups in total. The van der Waals surface area contributed by atoms with Gasteiger partial charge in [0.25, 0.3) is 0 Å². The van der Waals surface area contributed by atoms with Gasteiger partial charge < -0.3 is 24.5 Å². The van der Waals surface area contributed by atoms with Gasteiger partial charge in [-0.25, -0.2) is 4.98 Å². The summed E-state index contributed by atoms with van der Waals surface area (Å²) < 4.78 is 20.0. The fraction of sp³-hybridized carbons (Fsp3) is 0.421. The molecule has 0 aliphatic carbocycles. The highest BCUT2D eigenvalue weighted by molar-refractivity contribution is 7.60. The van der Waals surface area contributed by atoms with Gasteiger partial charge in [-0.15, -0.1) is 0 Å². The Hall–Kier alpha value is -1.63. The number of hydrogen-bond donors (Lipinski definition) is 3.